The molecule has 1 saturated carbocycles. The number of hydrogen-bond acceptors (Lipinski definition) is 1. The Hall–Kier alpha value is -0.570. The average Bonchev–Trinajstić information content (AvgIpc) is 2.88. The Balaban J connectivity index is 1.93. The largest absolute Gasteiger partial charge is 0.497 e. The van der Waals surface area contributed by atoms with Gasteiger partial charge in [-0.15, -0.1) is 0 Å². The van der Waals surface area contributed by atoms with Crippen LogP contribution in [-0.2, 0) is 0 Å². The van der Waals surface area contributed by atoms with Crippen LogP contribution in [0.1, 0.15) is 48.9 Å². The van der Waals surface area contributed by atoms with Crippen LogP contribution in [-0.4, -0.2) is 7.11 Å². The summed E-state index contributed by atoms with van der Waals surface area (Å²) in [5.74, 6) is 1.25. The first-order chi connectivity index (χ1) is 8.70. The van der Waals surface area contributed by atoms with Crippen molar-refractivity contribution in [2.24, 2.45) is 5.92 Å². The van der Waals surface area contributed by atoms with E-state index in [9.17, 15) is 4.39 Å². The molecule has 100 valence electrons. The number of hydrogen-bond donors (Lipinski definition) is 0. The molecule has 0 spiro atoms. The highest BCUT2D eigenvalue weighted by atomic mass is 79.9. The zero-order valence-corrected chi connectivity index (χ0v) is 12.4. The number of benzene rings is 1. The van der Waals surface area contributed by atoms with Crippen molar-refractivity contribution in [3.05, 3.63) is 29.6 Å². The molecule has 0 aliphatic heterocycles. The minimum atomic E-state index is -0.178. The lowest BCUT2D eigenvalue weighted by Crippen LogP contribution is -1.99. The smallest absolute Gasteiger partial charge is 0.131 e. The van der Waals surface area contributed by atoms with E-state index in [2.05, 4.69) is 15.9 Å². The van der Waals surface area contributed by atoms with Crippen LogP contribution in [0.25, 0.3) is 0 Å². The van der Waals surface area contributed by atoms with Gasteiger partial charge in [0.25, 0.3) is 0 Å². The maximum atomic E-state index is 13.9. The van der Waals surface area contributed by atoms with Gasteiger partial charge < -0.3 is 4.74 Å². The number of alkyl halides is 1. The Morgan fingerprint density at radius 2 is 2.11 bits per heavy atom. The summed E-state index contributed by atoms with van der Waals surface area (Å²) in [5.41, 5.74) is 0.744. The summed E-state index contributed by atoms with van der Waals surface area (Å²) in [6.45, 7) is 0. The van der Waals surface area contributed by atoms with Gasteiger partial charge >= 0.3 is 0 Å². The van der Waals surface area contributed by atoms with Gasteiger partial charge in [0.2, 0.25) is 0 Å². The molecule has 1 aromatic rings. The summed E-state index contributed by atoms with van der Waals surface area (Å²) < 4.78 is 18.9. The van der Waals surface area contributed by atoms with E-state index in [4.69, 9.17) is 4.74 Å². The highest BCUT2D eigenvalue weighted by Crippen LogP contribution is 2.36. The quantitative estimate of drug-likeness (QED) is 0.675. The Morgan fingerprint density at radius 3 is 2.72 bits per heavy atom. The second-order valence-electron chi connectivity index (χ2n) is 5.08. The van der Waals surface area contributed by atoms with Crippen LogP contribution in [0.3, 0.4) is 0 Å². The first kappa shape index (κ1) is 13.9. The van der Waals surface area contributed by atoms with E-state index in [1.54, 1.807) is 7.11 Å². The first-order valence-corrected chi connectivity index (χ1v) is 7.59. The SMILES string of the molecule is COc1ccc(C(Br)CCC2CCCC2)c(F)c1. The van der Waals surface area contributed by atoms with Crippen molar-refractivity contribution in [1.29, 1.82) is 0 Å². The first-order valence-electron chi connectivity index (χ1n) is 6.68. The standard InChI is InChI=1S/C15H20BrFO/c1-18-12-7-8-13(15(17)10-12)14(16)9-6-11-4-2-3-5-11/h7-8,10-11,14H,2-6,9H2,1H3. The van der Waals surface area contributed by atoms with Crippen LogP contribution in [0, 0.1) is 11.7 Å². The third kappa shape index (κ3) is 3.47. The van der Waals surface area contributed by atoms with Crippen LogP contribution in [0.2, 0.25) is 0 Å². The molecule has 1 unspecified atom stereocenters. The van der Waals surface area contributed by atoms with Gasteiger partial charge in [-0.3, -0.25) is 0 Å². The molecule has 18 heavy (non-hydrogen) atoms. The molecule has 0 aromatic heterocycles. The zero-order valence-electron chi connectivity index (χ0n) is 10.8. The van der Waals surface area contributed by atoms with Crippen molar-refractivity contribution in [2.45, 2.75) is 43.4 Å². The fourth-order valence-corrected chi connectivity index (χ4v) is 3.36. The summed E-state index contributed by atoms with van der Waals surface area (Å²) >= 11 is 3.61. The van der Waals surface area contributed by atoms with E-state index in [-0.39, 0.29) is 10.6 Å². The Bertz CT molecular complexity index is 388. The predicted octanol–water partition coefficient (Wildman–Crippen LogP) is 5.24. The van der Waals surface area contributed by atoms with Crippen molar-refractivity contribution in [1.82, 2.24) is 0 Å². The van der Waals surface area contributed by atoms with Crippen LogP contribution >= 0.6 is 15.9 Å². The molecule has 1 aromatic carbocycles. The highest BCUT2D eigenvalue weighted by Gasteiger charge is 2.18. The lowest BCUT2D eigenvalue weighted by atomic mass is 9.98. The molecule has 1 aliphatic carbocycles. The van der Waals surface area contributed by atoms with E-state index in [1.807, 2.05) is 12.1 Å². The van der Waals surface area contributed by atoms with Gasteiger partial charge in [-0.1, -0.05) is 47.7 Å². The molecule has 1 aliphatic rings. The van der Waals surface area contributed by atoms with Crippen molar-refractivity contribution in [3.8, 4) is 5.75 Å². The fraction of sp³-hybridized carbons (Fsp3) is 0.600. The minimum Gasteiger partial charge on any atom is -0.497 e. The van der Waals surface area contributed by atoms with Gasteiger partial charge in [-0.05, 0) is 24.8 Å². The molecular weight excluding hydrogens is 295 g/mol. The van der Waals surface area contributed by atoms with E-state index in [0.717, 1.165) is 17.9 Å². The Kier molecular flexibility index (Phi) is 5.04. The Morgan fingerprint density at radius 1 is 1.39 bits per heavy atom. The van der Waals surface area contributed by atoms with Gasteiger partial charge in [-0.2, -0.15) is 0 Å². The van der Waals surface area contributed by atoms with E-state index >= 15 is 0 Å². The lowest BCUT2D eigenvalue weighted by molar-refractivity contribution is 0.410. The van der Waals surface area contributed by atoms with E-state index < -0.39 is 0 Å². The fourth-order valence-electron chi connectivity index (χ4n) is 2.73. The second-order valence-corrected chi connectivity index (χ2v) is 6.19. The zero-order chi connectivity index (χ0) is 13.0. The molecule has 0 amide bonds. The van der Waals surface area contributed by atoms with Crippen LogP contribution in [0.15, 0.2) is 18.2 Å². The normalized spacial score (nSPS) is 17.9. The van der Waals surface area contributed by atoms with Gasteiger partial charge in [0, 0.05) is 16.5 Å². The maximum absolute atomic E-state index is 13.9. The second kappa shape index (κ2) is 6.55. The van der Waals surface area contributed by atoms with Crippen molar-refractivity contribution in [2.75, 3.05) is 7.11 Å². The van der Waals surface area contributed by atoms with E-state index in [0.29, 0.717) is 5.75 Å². The molecule has 0 N–H and O–H groups in total. The van der Waals surface area contributed by atoms with Crippen LogP contribution in [0.4, 0.5) is 4.39 Å². The highest BCUT2D eigenvalue weighted by molar-refractivity contribution is 9.09. The van der Waals surface area contributed by atoms with Crippen molar-refractivity contribution < 1.29 is 9.13 Å². The Labute approximate surface area is 117 Å². The molecule has 0 radical (unpaired) electrons. The molecule has 0 heterocycles. The topological polar surface area (TPSA) is 9.23 Å². The maximum Gasteiger partial charge on any atom is 0.131 e. The van der Waals surface area contributed by atoms with Gasteiger partial charge in [0.05, 0.1) is 7.11 Å². The molecule has 1 nitrogen and oxygen atoms in total. The lowest BCUT2D eigenvalue weighted by Gasteiger charge is -2.14. The summed E-state index contributed by atoms with van der Waals surface area (Å²) in [6.07, 6.45) is 7.65. The third-order valence-electron chi connectivity index (χ3n) is 3.85. The molecule has 0 bridgehead atoms. The molecule has 2 rings (SSSR count). The number of rotatable bonds is 5. The third-order valence-corrected chi connectivity index (χ3v) is 4.80. The summed E-state index contributed by atoms with van der Waals surface area (Å²) in [7, 11) is 1.56. The number of halogens is 2. The number of methoxy groups -OCH3 is 1. The molecule has 1 atom stereocenters. The van der Waals surface area contributed by atoms with Gasteiger partial charge in [0.1, 0.15) is 11.6 Å². The van der Waals surface area contributed by atoms with Crippen LogP contribution < -0.4 is 4.74 Å². The van der Waals surface area contributed by atoms with E-state index in [1.165, 1.54) is 38.2 Å². The minimum absolute atomic E-state index is 0.115. The summed E-state index contributed by atoms with van der Waals surface area (Å²) in [6, 6.07) is 5.10. The average molecular weight is 315 g/mol. The molecule has 0 saturated heterocycles. The van der Waals surface area contributed by atoms with Gasteiger partial charge in [-0.25, -0.2) is 4.39 Å². The van der Waals surface area contributed by atoms with Crippen LogP contribution in [0.5, 0.6) is 5.75 Å². The van der Waals surface area contributed by atoms with Gasteiger partial charge in [0.15, 0.2) is 0 Å². The van der Waals surface area contributed by atoms with Crippen molar-refractivity contribution >= 4 is 15.9 Å². The molecule has 1 fully saturated rings. The molecular formula is C15H20BrFO. The molecule has 3 heteroatoms. The predicted molar refractivity (Wildman–Crippen MR) is 75.8 cm³/mol. The monoisotopic (exact) mass is 314 g/mol. The van der Waals surface area contributed by atoms with Crippen molar-refractivity contribution in [3.63, 3.8) is 0 Å². The summed E-state index contributed by atoms with van der Waals surface area (Å²) in [5, 5.41) is 0. The number of ether oxygens (including phenoxy) is 1. The summed E-state index contributed by atoms with van der Waals surface area (Å²) in [4.78, 5) is 0.115.